The standard InChI is InChI=1S/C21H27BrN2O5S2Si/c1-21(2,3)32(4,5)29-16-11-10-15(19-18(16)24-20(25)30-19)17(12-23)28-31(26,27)14-8-6-13(22)7-9-14/h6-11,17H,12,23H2,1-5H3,(H,24,25)/t17-/m0/s1. The van der Waals surface area contributed by atoms with Gasteiger partial charge in [0.25, 0.3) is 18.4 Å². The Bertz CT molecular complexity index is 1280. The number of rotatable bonds is 7. The summed E-state index contributed by atoms with van der Waals surface area (Å²) in [5.74, 6) is 0.570. The molecule has 0 spiro atoms. The van der Waals surface area contributed by atoms with Crippen LogP contribution in [-0.4, -0.2) is 28.3 Å². The Balaban J connectivity index is 2.03. The summed E-state index contributed by atoms with van der Waals surface area (Å²) >= 11 is 4.27. The first-order chi connectivity index (χ1) is 14.7. The van der Waals surface area contributed by atoms with Gasteiger partial charge in [0.2, 0.25) is 0 Å². The van der Waals surface area contributed by atoms with Crippen molar-refractivity contribution < 1.29 is 17.0 Å². The van der Waals surface area contributed by atoms with Gasteiger partial charge in [-0.2, -0.15) is 8.42 Å². The number of benzene rings is 2. The molecule has 0 unspecified atom stereocenters. The van der Waals surface area contributed by atoms with E-state index in [0.717, 1.165) is 15.8 Å². The molecule has 3 rings (SSSR count). The average molecular weight is 560 g/mol. The molecule has 1 atom stereocenters. The first-order valence-corrected chi connectivity index (χ1v) is 15.9. The van der Waals surface area contributed by atoms with Crippen LogP contribution in [0, 0.1) is 0 Å². The fourth-order valence-electron chi connectivity index (χ4n) is 2.82. The van der Waals surface area contributed by atoms with Gasteiger partial charge in [-0.1, -0.05) is 54.1 Å². The van der Waals surface area contributed by atoms with E-state index in [-0.39, 0.29) is 21.4 Å². The lowest BCUT2D eigenvalue weighted by Gasteiger charge is -2.36. The normalized spacial score (nSPS) is 14.0. The van der Waals surface area contributed by atoms with Gasteiger partial charge in [-0.15, -0.1) is 0 Å². The fraction of sp³-hybridized carbons (Fsp3) is 0.381. The van der Waals surface area contributed by atoms with Crippen LogP contribution in [-0.2, 0) is 14.3 Å². The van der Waals surface area contributed by atoms with E-state index in [9.17, 15) is 13.2 Å². The molecule has 0 fully saturated rings. The van der Waals surface area contributed by atoms with Crippen molar-refractivity contribution in [2.24, 2.45) is 5.73 Å². The Hall–Kier alpha value is -1.50. The van der Waals surface area contributed by atoms with Crippen LogP contribution in [0.5, 0.6) is 5.75 Å². The van der Waals surface area contributed by atoms with Crippen LogP contribution in [0.1, 0.15) is 32.4 Å². The molecule has 0 saturated carbocycles. The van der Waals surface area contributed by atoms with E-state index in [1.54, 1.807) is 24.3 Å². The zero-order valence-electron chi connectivity index (χ0n) is 18.6. The van der Waals surface area contributed by atoms with E-state index >= 15 is 0 Å². The number of hydrogen-bond acceptors (Lipinski definition) is 7. The van der Waals surface area contributed by atoms with Gasteiger partial charge in [0.1, 0.15) is 17.4 Å². The minimum absolute atomic E-state index is 0.0236. The summed E-state index contributed by atoms with van der Waals surface area (Å²) in [5, 5.41) is -0.0318. The van der Waals surface area contributed by atoms with Crippen LogP contribution < -0.4 is 15.0 Å². The Kier molecular flexibility index (Phi) is 7.09. The van der Waals surface area contributed by atoms with Crippen LogP contribution in [0.2, 0.25) is 18.1 Å². The molecule has 3 N–H and O–H groups in total. The maximum Gasteiger partial charge on any atom is 0.305 e. The Labute approximate surface area is 201 Å². The summed E-state index contributed by atoms with van der Waals surface area (Å²) in [7, 11) is -6.23. The van der Waals surface area contributed by atoms with E-state index in [4.69, 9.17) is 14.3 Å². The summed E-state index contributed by atoms with van der Waals surface area (Å²) in [4.78, 5) is 14.8. The molecular formula is C21H27BrN2O5S2Si. The molecule has 7 nitrogen and oxygen atoms in total. The third-order valence-electron chi connectivity index (χ3n) is 5.65. The largest absolute Gasteiger partial charge is 0.542 e. The molecule has 0 aliphatic rings. The number of nitrogens with two attached hydrogens (primary N) is 1. The smallest absolute Gasteiger partial charge is 0.305 e. The van der Waals surface area contributed by atoms with E-state index in [1.807, 2.05) is 0 Å². The number of fused-ring (bicyclic) bond motifs is 1. The second-order valence-electron chi connectivity index (χ2n) is 8.96. The molecule has 1 aromatic heterocycles. The van der Waals surface area contributed by atoms with E-state index in [1.165, 1.54) is 12.1 Å². The van der Waals surface area contributed by atoms with Crippen molar-refractivity contribution in [2.45, 2.75) is 49.9 Å². The molecule has 11 heteroatoms. The highest BCUT2D eigenvalue weighted by atomic mass is 79.9. The van der Waals surface area contributed by atoms with E-state index < -0.39 is 24.5 Å². The fourth-order valence-corrected chi connectivity index (χ4v) is 6.09. The second kappa shape index (κ2) is 9.03. The Morgan fingerprint density at radius 3 is 2.34 bits per heavy atom. The molecular weight excluding hydrogens is 532 g/mol. The van der Waals surface area contributed by atoms with Crippen LogP contribution in [0.15, 0.2) is 50.6 Å². The predicted molar refractivity (Wildman–Crippen MR) is 134 cm³/mol. The SMILES string of the molecule is CC(C)(C)[Si](C)(C)Oc1ccc([C@H](CN)OS(=O)(=O)c2ccc(Br)cc2)c2sc(=O)[nH]c12. The molecule has 0 aliphatic carbocycles. The highest BCUT2D eigenvalue weighted by Gasteiger charge is 2.39. The lowest BCUT2D eigenvalue weighted by molar-refractivity contribution is 0.223. The van der Waals surface area contributed by atoms with Crippen molar-refractivity contribution in [3.05, 3.63) is 56.1 Å². The summed E-state index contributed by atoms with van der Waals surface area (Å²) in [6.45, 7) is 10.5. The minimum Gasteiger partial charge on any atom is -0.542 e. The molecule has 0 aliphatic heterocycles. The van der Waals surface area contributed by atoms with Crippen molar-refractivity contribution >= 4 is 55.9 Å². The van der Waals surface area contributed by atoms with Crippen molar-refractivity contribution in [3.63, 3.8) is 0 Å². The summed E-state index contributed by atoms with van der Waals surface area (Å²) in [6.07, 6.45) is -0.959. The van der Waals surface area contributed by atoms with Crippen molar-refractivity contribution in [1.82, 2.24) is 4.98 Å². The molecule has 0 saturated heterocycles. The van der Waals surface area contributed by atoms with Gasteiger partial charge in [-0.25, -0.2) is 0 Å². The van der Waals surface area contributed by atoms with E-state index in [2.05, 4.69) is 54.8 Å². The first-order valence-electron chi connectivity index (χ1n) is 9.99. The van der Waals surface area contributed by atoms with Gasteiger partial charge in [0.15, 0.2) is 0 Å². The maximum absolute atomic E-state index is 12.8. The number of aromatic amines is 1. The number of nitrogens with one attached hydrogen (secondary N) is 1. The lowest BCUT2D eigenvalue weighted by Crippen LogP contribution is -2.43. The van der Waals surface area contributed by atoms with Crippen molar-refractivity contribution in [2.75, 3.05) is 6.54 Å². The van der Waals surface area contributed by atoms with Gasteiger partial charge in [0, 0.05) is 16.6 Å². The molecule has 1 heterocycles. The van der Waals surface area contributed by atoms with Crippen molar-refractivity contribution in [1.29, 1.82) is 0 Å². The minimum atomic E-state index is -4.07. The Morgan fingerprint density at radius 1 is 1.16 bits per heavy atom. The average Bonchev–Trinajstić information content (AvgIpc) is 3.08. The van der Waals surface area contributed by atoms with Crippen LogP contribution >= 0.6 is 27.3 Å². The topological polar surface area (TPSA) is 111 Å². The highest BCUT2D eigenvalue weighted by molar-refractivity contribution is 9.10. The van der Waals surface area contributed by atoms with Gasteiger partial charge in [-0.3, -0.25) is 8.98 Å². The maximum atomic E-state index is 12.8. The number of hydrogen-bond donors (Lipinski definition) is 2. The van der Waals surface area contributed by atoms with Gasteiger partial charge in [0.05, 0.1) is 9.60 Å². The molecule has 0 radical (unpaired) electrons. The number of H-pyrrole nitrogens is 1. The van der Waals surface area contributed by atoms with Gasteiger partial charge >= 0.3 is 4.87 Å². The molecule has 32 heavy (non-hydrogen) atoms. The third-order valence-corrected chi connectivity index (χ3v) is 12.8. The van der Waals surface area contributed by atoms with Gasteiger partial charge in [-0.05, 0) is 48.5 Å². The van der Waals surface area contributed by atoms with Crippen LogP contribution in [0.4, 0.5) is 0 Å². The molecule has 0 bridgehead atoms. The summed E-state index contributed by atoms with van der Waals surface area (Å²) < 4.78 is 38.9. The quantitative estimate of drug-likeness (QED) is 0.306. The molecule has 3 aromatic rings. The first kappa shape index (κ1) is 25.1. The zero-order chi connectivity index (χ0) is 23.9. The van der Waals surface area contributed by atoms with Crippen LogP contribution in [0.25, 0.3) is 10.2 Å². The Morgan fingerprint density at radius 2 is 1.78 bits per heavy atom. The molecule has 0 amide bonds. The monoisotopic (exact) mass is 558 g/mol. The van der Waals surface area contributed by atoms with E-state index in [0.29, 0.717) is 21.5 Å². The molecule has 174 valence electrons. The third kappa shape index (κ3) is 5.18. The van der Waals surface area contributed by atoms with Crippen molar-refractivity contribution in [3.8, 4) is 5.75 Å². The number of thiazole rings is 1. The summed E-state index contributed by atoms with van der Waals surface area (Å²) in [6, 6.07) is 9.62. The highest BCUT2D eigenvalue weighted by Crippen LogP contribution is 2.41. The number of halogens is 1. The molecule has 2 aromatic carbocycles. The second-order valence-corrected chi connectivity index (χ2v) is 17.2. The van der Waals surface area contributed by atoms with Gasteiger partial charge < -0.3 is 15.1 Å². The summed E-state index contributed by atoms with van der Waals surface area (Å²) in [5.41, 5.74) is 6.96. The van der Waals surface area contributed by atoms with Crippen LogP contribution in [0.3, 0.4) is 0 Å². The zero-order valence-corrected chi connectivity index (χ0v) is 22.8. The predicted octanol–water partition coefficient (Wildman–Crippen LogP) is 5.14. The number of aromatic nitrogens is 1. The lowest BCUT2D eigenvalue weighted by atomic mass is 10.1.